The lowest BCUT2D eigenvalue weighted by Gasteiger charge is -2.34. The van der Waals surface area contributed by atoms with Crippen LogP contribution in [0.5, 0.6) is 0 Å². The molecule has 2 aliphatic heterocycles. The fraction of sp³-hybridized carbons (Fsp3) is 0.867. The second-order valence-electron chi connectivity index (χ2n) is 13.4. The van der Waals surface area contributed by atoms with E-state index in [4.69, 9.17) is 9.47 Å². The van der Waals surface area contributed by atoms with Crippen LogP contribution in [-0.2, 0) is 28.7 Å². The van der Waals surface area contributed by atoms with E-state index in [0.29, 0.717) is 78.3 Å². The molecule has 10 atom stereocenters. The van der Waals surface area contributed by atoms with Crippen molar-refractivity contribution in [3.8, 4) is 0 Å². The molecule has 4 saturated carbocycles. The van der Waals surface area contributed by atoms with Gasteiger partial charge in [0.05, 0.1) is 62.3 Å². The van der Waals surface area contributed by atoms with Gasteiger partial charge in [-0.15, -0.1) is 0 Å². The standard InChI is InChI=1S/C30H47N5O8/c36-21-15-17-13-19(21)25(23(17)27(38)31-1-3-34-5-9-42-10-6-34)29(40)33-30(41)26-20-14-18(16-22(20)37)24(26)28(39)32-2-4-35-7-11-43-12-8-35/h17-26,36-37H,1-16H2,(H,31,38)(H,32,39)(H,33,40,41). The van der Waals surface area contributed by atoms with Gasteiger partial charge in [0, 0.05) is 52.4 Å². The molecule has 2 saturated heterocycles. The van der Waals surface area contributed by atoms with Gasteiger partial charge in [-0.3, -0.25) is 34.3 Å². The molecule has 4 amide bonds. The van der Waals surface area contributed by atoms with Crippen LogP contribution >= 0.6 is 0 Å². The second-order valence-corrected chi connectivity index (χ2v) is 13.4. The number of carbonyl (C=O) groups is 4. The summed E-state index contributed by atoms with van der Waals surface area (Å²) in [5, 5.41) is 29.8. The maximum Gasteiger partial charge on any atom is 0.230 e. The van der Waals surface area contributed by atoms with Crippen LogP contribution in [-0.4, -0.2) is 135 Å². The topological polar surface area (TPSA) is 170 Å². The van der Waals surface area contributed by atoms with E-state index in [2.05, 4.69) is 25.8 Å². The molecule has 6 aliphatic rings. The van der Waals surface area contributed by atoms with Gasteiger partial charge in [-0.05, 0) is 49.4 Å². The van der Waals surface area contributed by atoms with Gasteiger partial charge in [0.15, 0.2) is 0 Å². The zero-order chi connectivity index (χ0) is 30.1. The van der Waals surface area contributed by atoms with Crippen LogP contribution in [0.25, 0.3) is 0 Å². The third-order valence-corrected chi connectivity index (χ3v) is 11.1. The summed E-state index contributed by atoms with van der Waals surface area (Å²) in [4.78, 5) is 58.5. The van der Waals surface area contributed by atoms with Crippen LogP contribution in [0.2, 0.25) is 0 Å². The summed E-state index contributed by atoms with van der Waals surface area (Å²) in [5.41, 5.74) is 0. The molecular weight excluding hydrogens is 558 g/mol. The first-order valence-electron chi connectivity index (χ1n) is 16.2. The lowest BCUT2D eigenvalue weighted by atomic mass is 9.75. The van der Waals surface area contributed by atoms with Crippen LogP contribution in [0.1, 0.15) is 25.7 Å². The number of morpholine rings is 2. The van der Waals surface area contributed by atoms with Gasteiger partial charge in [-0.2, -0.15) is 0 Å². The third kappa shape index (κ3) is 6.48. The zero-order valence-corrected chi connectivity index (χ0v) is 24.8. The SMILES string of the molecule is O=C(NCCN1CCOCC1)C1C2CC(O)C(C2)C1C(=O)NC(=O)C1C2CC(CC2O)C1C(=O)NCCN1CCOCC1. The highest BCUT2D eigenvalue weighted by Gasteiger charge is 2.60. The largest absolute Gasteiger partial charge is 0.393 e. The molecule has 4 bridgehead atoms. The van der Waals surface area contributed by atoms with Crippen molar-refractivity contribution in [1.82, 2.24) is 25.8 Å². The van der Waals surface area contributed by atoms with E-state index in [1.54, 1.807) is 0 Å². The van der Waals surface area contributed by atoms with Gasteiger partial charge in [0.1, 0.15) is 0 Å². The highest BCUT2D eigenvalue weighted by molar-refractivity contribution is 6.01. The minimum absolute atomic E-state index is 0.122. The monoisotopic (exact) mass is 605 g/mol. The minimum atomic E-state index is -0.814. The lowest BCUT2D eigenvalue weighted by molar-refractivity contribution is -0.147. The summed E-state index contributed by atoms with van der Waals surface area (Å²) in [5.74, 6) is -5.44. The van der Waals surface area contributed by atoms with Gasteiger partial charge in [-0.25, -0.2) is 0 Å². The van der Waals surface area contributed by atoms with E-state index >= 15 is 0 Å². The molecule has 43 heavy (non-hydrogen) atoms. The number of carbonyl (C=O) groups excluding carboxylic acids is 4. The van der Waals surface area contributed by atoms with Crippen LogP contribution < -0.4 is 16.0 Å². The van der Waals surface area contributed by atoms with Crippen molar-refractivity contribution in [2.24, 2.45) is 47.3 Å². The quantitative estimate of drug-likeness (QED) is 0.172. The molecule has 240 valence electrons. The van der Waals surface area contributed by atoms with Gasteiger partial charge in [0.2, 0.25) is 23.6 Å². The van der Waals surface area contributed by atoms with Crippen molar-refractivity contribution in [3.05, 3.63) is 0 Å². The highest BCUT2D eigenvalue weighted by Crippen LogP contribution is 2.54. The highest BCUT2D eigenvalue weighted by atomic mass is 16.5. The Balaban J connectivity index is 1.07. The van der Waals surface area contributed by atoms with Gasteiger partial charge in [0.25, 0.3) is 0 Å². The number of nitrogens with one attached hydrogen (secondary N) is 3. The van der Waals surface area contributed by atoms with E-state index in [9.17, 15) is 29.4 Å². The van der Waals surface area contributed by atoms with E-state index in [0.717, 1.165) is 26.2 Å². The molecule has 0 spiro atoms. The van der Waals surface area contributed by atoms with Gasteiger partial charge < -0.3 is 30.3 Å². The number of nitrogens with zero attached hydrogens (tertiary/aromatic N) is 2. The Morgan fingerprint density at radius 1 is 0.581 bits per heavy atom. The molecule has 10 unspecified atom stereocenters. The lowest BCUT2D eigenvalue weighted by Crippen LogP contribution is -2.53. The van der Waals surface area contributed by atoms with Crippen LogP contribution in [0.4, 0.5) is 0 Å². The molecule has 0 aromatic heterocycles. The molecular formula is C30H47N5O8. The van der Waals surface area contributed by atoms with Crippen molar-refractivity contribution in [2.45, 2.75) is 37.9 Å². The first kappa shape index (κ1) is 30.8. The number of imide groups is 1. The number of hydrogen-bond acceptors (Lipinski definition) is 10. The van der Waals surface area contributed by atoms with E-state index in [1.807, 2.05) is 0 Å². The number of rotatable bonds is 10. The molecule has 5 N–H and O–H groups in total. The summed E-state index contributed by atoms with van der Waals surface area (Å²) in [7, 11) is 0. The number of fused-ring (bicyclic) bond motifs is 4. The molecule has 6 rings (SSSR count). The summed E-state index contributed by atoms with van der Waals surface area (Å²) >= 11 is 0. The first-order valence-corrected chi connectivity index (χ1v) is 16.2. The van der Waals surface area contributed by atoms with Crippen molar-refractivity contribution in [1.29, 1.82) is 0 Å². The van der Waals surface area contributed by atoms with Crippen LogP contribution in [0, 0.1) is 47.3 Å². The average molecular weight is 606 g/mol. The van der Waals surface area contributed by atoms with Crippen molar-refractivity contribution in [3.63, 3.8) is 0 Å². The molecule has 0 radical (unpaired) electrons. The predicted molar refractivity (Wildman–Crippen MR) is 152 cm³/mol. The van der Waals surface area contributed by atoms with E-state index in [-0.39, 0.29) is 23.7 Å². The number of ether oxygens (including phenoxy) is 2. The Hall–Kier alpha value is -2.16. The predicted octanol–water partition coefficient (Wildman–Crippen LogP) is -2.21. The first-order chi connectivity index (χ1) is 20.8. The number of amides is 4. The third-order valence-electron chi connectivity index (χ3n) is 11.1. The Labute approximate surface area is 252 Å². The summed E-state index contributed by atoms with van der Waals surface area (Å²) in [6.45, 7) is 8.23. The molecule has 13 nitrogen and oxygen atoms in total. The fourth-order valence-electron chi connectivity index (χ4n) is 8.97. The Morgan fingerprint density at radius 2 is 0.977 bits per heavy atom. The maximum absolute atomic E-state index is 13.7. The Morgan fingerprint density at radius 3 is 1.37 bits per heavy atom. The van der Waals surface area contributed by atoms with Crippen molar-refractivity contribution in [2.75, 3.05) is 78.8 Å². The molecule has 13 heteroatoms. The summed E-state index contributed by atoms with van der Waals surface area (Å²) < 4.78 is 10.8. The van der Waals surface area contributed by atoms with Crippen LogP contribution in [0.3, 0.4) is 0 Å². The van der Waals surface area contributed by atoms with Crippen LogP contribution in [0.15, 0.2) is 0 Å². The molecule has 0 aromatic rings. The van der Waals surface area contributed by atoms with Crippen molar-refractivity contribution >= 4 is 23.6 Å². The Bertz CT molecular complexity index is 970. The minimum Gasteiger partial charge on any atom is -0.393 e. The molecule has 2 heterocycles. The maximum atomic E-state index is 13.7. The number of aliphatic hydroxyl groups excluding tert-OH is 2. The fourth-order valence-corrected chi connectivity index (χ4v) is 8.97. The summed E-state index contributed by atoms with van der Waals surface area (Å²) in [6.07, 6.45) is 0.682. The molecule has 6 fully saturated rings. The average Bonchev–Trinajstić information content (AvgIpc) is 3.76. The van der Waals surface area contributed by atoms with Gasteiger partial charge in [-0.1, -0.05) is 0 Å². The zero-order valence-electron chi connectivity index (χ0n) is 24.8. The second kappa shape index (κ2) is 13.5. The number of aliphatic hydroxyl groups is 2. The molecule has 0 aromatic carbocycles. The van der Waals surface area contributed by atoms with E-state index in [1.165, 1.54) is 0 Å². The van der Waals surface area contributed by atoms with Gasteiger partial charge >= 0.3 is 0 Å². The van der Waals surface area contributed by atoms with E-state index < -0.39 is 59.5 Å². The Kier molecular flexibility index (Phi) is 9.65. The smallest absolute Gasteiger partial charge is 0.230 e. The normalized spacial score (nSPS) is 39.1. The van der Waals surface area contributed by atoms with Crippen molar-refractivity contribution < 1.29 is 38.9 Å². The summed E-state index contributed by atoms with van der Waals surface area (Å²) in [6, 6.07) is 0. The number of hydrogen-bond donors (Lipinski definition) is 5. The molecule has 4 aliphatic carbocycles.